The zero-order valence-electron chi connectivity index (χ0n) is 42.3. The molecule has 0 bridgehead atoms. The lowest BCUT2D eigenvalue weighted by Gasteiger charge is -2.31. The van der Waals surface area contributed by atoms with Crippen molar-refractivity contribution in [2.75, 3.05) is 32.0 Å². The molecule has 0 aliphatic carbocycles. The Labute approximate surface area is 420 Å². The Balaban J connectivity index is 5.90. The maximum absolute atomic E-state index is 13.9. The van der Waals surface area contributed by atoms with E-state index in [0.29, 0.717) is 19.3 Å². The topological polar surface area (TPSA) is 430 Å². The molecule has 0 aliphatic rings. The molecule has 0 rings (SSSR count). The summed E-state index contributed by atoms with van der Waals surface area (Å²) in [6.07, 6.45) is 0.129. The number of aliphatic carboxylic acids is 1. The third-order valence-electron chi connectivity index (χ3n) is 11.1. The predicted octanol–water partition coefficient (Wildman–Crippen LogP) is -4.43. The Hall–Kier alpha value is -5.80. The van der Waals surface area contributed by atoms with Crippen LogP contribution in [0, 0.1) is 23.7 Å². The molecule has 9 amide bonds. The number of carbonyl (C=O) groups is 10. The maximum atomic E-state index is 13.9. The molecule has 406 valence electrons. The lowest BCUT2D eigenvalue weighted by atomic mass is 9.94. The zero-order valence-corrected chi connectivity index (χ0v) is 43.2. The van der Waals surface area contributed by atoms with Crippen LogP contribution in [-0.4, -0.2) is 167 Å². The highest BCUT2D eigenvalue weighted by atomic mass is 32.1. The molecule has 0 spiro atoms. The molecule has 18 N–H and O–H groups in total. The van der Waals surface area contributed by atoms with Gasteiger partial charge in [0.25, 0.3) is 0 Å². The van der Waals surface area contributed by atoms with Gasteiger partial charge in [0.15, 0.2) is 5.96 Å². The van der Waals surface area contributed by atoms with Crippen LogP contribution < -0.4 is 65.1 Å². The van der Waals surface area contributed by atoms with E-state index in [-0.39, 0.29) is 49.4 Å². The fourth-order valence-corrected chi connectivity index (χ4v) is 6.86. The molecular weight excluding hydrogens is 951 g/mol. The smallest absolute Gasteiger partial charge is 0.328 e. The first-order chi connectivity index (χ1) is 33.1. The van der Waals surface area contributed by atoms with Crippen LogP contribution in [0.4, 0.5) is 0 Å². The number of carboxylic acid groups (broad SMARTS) is 1. The molecule has 0 aromatic heterocycles. The summed E-state index contributed by atoms with van der Waals surface area (Å²) in [7, 11) is 0. The van der Waals surface area contributed by atoms with Crippen molar-refractivity contribution in [1.82, 2.24) is 47.9 Å². The van der Waals surface area contributed by atoms with Crippen molar-refractivity contribution in [2.45, 2.75) is 155 Å². The molecule has 71 heavy (non-hydrogen) atoms. The summed E-state index contributed by atoms with van der Waals surface area (Å²) in [5, 5.41) is 51.0. The van der Waals surface area contributed by atoms with E-state index in [4.69, 9.17) is 17.2 Å². The van der Waals surface area contributed by atoms with Crippen LogP contribution in [0.3, 0.4) is 0 Å². The number of aliphatic imine (C=N–C) groups is 1. The van der Waals surface area contributed by atoms with Gasteiger partial charge in [-0.05, 0) is 56.3 Å². The number of guanidine groups is 1. The number of carboxylic acids is 1. The van der Waals surface area contributed by atoms with Gasteiger partial charge in [-0.15, -0.1) is 0 Å². The number of carbonyl (C=O) groups excluding carboxylic acids is 9. The van der Waals surface area contributed by atoms with Gasteiger partial charge >= 0.3 is 5.97 Å². The van der Waals surface area contributed by atoms with E-state index < -0.39 is 145 Å². The largest absolute Gasteiger partial charge is 0.480 e. The summed E-state index contributed by atoms with van der Waals surface area (Å²) in [6.45, 7) is 13.3. The summed E-state index contributed by atoms with van der Waals surface area (Å²) < 4.78 is 0. The van der Waals surface area contributed by atoms with Gasteiger partial charge in [0.1, 0.15) is 42.3 Å². The summed E-state index contributed by atoms with van der Waals surface area (Å²) in [5.74, 6) is -10.4. The number of aliphatic hydroxyl groups excluding tert-OH is 2. The second-order valence-corrected chi connectivity index (χ2v) is 18.7. The van der Waals surface area contributed by atoms with Gasteiger partial charge in [-0.2, -0.15) is 12.6 Å². The highest BCUT2D eigenvalue weighted by Gasteiger charge is 2.37. The highest BCUT2D eigenvalue weighted by molar-refractivity contribution is 7.80. The fraction of sp³-hybridized carbons (Fsp3) is 0.750. The van der Waals surface area contributed by atoms with Crippen LogP contribution in [0.2, 0.25) is 0 Å². The van der Waals surface area contributed by atoms with Gasteiger partial charge in [-0.25, -0.2) is 4.79 Å². The monoisotopic (exact) mass is 1030 g/mol. The molecule has 0 aromatic carbocycles. The van der Waals surface area contributed by atoms with Gasteiger partial charge in [0.2, 0.25) is 53.2 Å². The van der Waals surface area contributed by atoms with Crippen molar-refractivity contribution in [3.05, 3.63) is 0 Å². The van der Waals surface area contributed by atoms with E-state index in [2.05, 4.69) is 60.2 Å². The Morgan fingerprint density at radius 1 is 0.563 bits per heavy atom. The molecule has 0 aromatic rings. The summed E-state index contributed by atoms with van der Waals surface area (Å²) >= 11 is 4.21. The Morgan fingerprint density at radius 2 is 0.972 bits per heavy atom. The first kappa shape index (κ1) is 65.2. The number of nitrogens with one attached hydrogen (secondary N) is 9. The van der Waals surface area contributed by atoms with E-state index in [0.717, 1.165) is 0 Å². The number of rotatable bonds is 34. The van der Waals surface area contributed by atoms with Crippen molar-refractivity contribution in [2.24, 2.45) is 45.9 Å². The van der Waals surface area contributed by atoms with Crippen LogP contribution in [0.15, 0.2) is 4.99 Å². The van der Waals surface area contributed by atoms with Crippen LogP contribution >= 0.6 is 12.6 Å². The average Bonchev–Trinajstić information content (AvgIpc) is 3.30. The Bertz CT molecular complexity index is 1820. The summed E-state index contributed by atoms with van der Waals surface area (Å²) in [6, 6.07) is -10.6. The number of amides is 9. The van der Waals surface area contributed by atoms with Gasteiger partial charge in [0.05, 0.1) is 31.8 Å². The molecule has 11 atom stereocenters. The normalized spacial score (nSPS) is 15.8. The third-order valence-corrected chi connectivity index (χ3v) is 11.5. The first-order valence-corrected chi connectivity index (χ1v) is 24.4. The molecule has 0 unspecified atom stereocenters. The molecule has 0 aliphatic heterocycles. The minimum atomic E-state index is -1.73. The number of thiol groups is 1. The van der Waals surface area contributed by atoms with Gasteiger partial charge in [0, 0.05) is 12.3 Å². The van der Waals surface area contributed by atoms with E-state index in [1.165, 1.54) is 6.92 Å². The Morgan fingerprint density at radius 3 is 1.39 bits per heavy atom. The molecular formula is C44H81N13O13S. The summed E-state index contributed by atoms with van der Waals surface area (Å²) in [4.78, 5) is 135. The number of nitrogens with zero attached hydrogens (tertiary/aromatic N) is 1. The first-order valence-electron chi connectivity index (χ1n) is 23.7. The minimum absolute atomic E-state index is 0.0902. The van der Waals surface area contributed by atoms with Crippen molar-refractivity contribution in [3.8, 4) is 0 Å². The van der Waals surface area contributed by atoms with Gasteiger partial charge in [-0.1, -0.05) is 68.2 Å². The molecule has 0 radical (unpaired) electrons. The highest BCUT2D eigenvalue weighted by Crippen LogP contribution is 2.14. The Kier molecular flexibility index (Phi) is 31.0. The average molecular weight is 1030 g/mol. The van der Waals surface area contributed by atoms with E-state index in [9.17, 15) is 63.3 Å². The number of hydrogen-bond acceptors (Lipinski definition) is 15. The van der Waals surface area contributed by atoms with Crippen LogP contribution in [0.1, 0.15) is 101 Å². The standard InChI is InChI=1S/C44H81N13O13S/c1-10-23(7)33(40(66)56-34(24(8)11-2)41(67)57-35(25(9)59)42(68)54-29(19-58)43(69)70)55-39(65)30(20-71)52-32(61)18-50-37(63)27(15-21(3)4)53-38(64)28(16-22(5)6)51-31(60)17-49-36(62)26(45)13-12-14-48-44(46)47/h21-30,33-35,58-59,71H,10-20,45H2,1-9H3,(H,49,62)(H,50,63)(H,51,60)(H,52,61)(H,53,64)(H,54,68)(H,55,65)(H,56,66)(H,57,67)(H,69,70)(H4,46,47,48)/t23-,24-,25+,26-,27-,28-,29-,30-,33-,34-,35-/m0/s1. The van der Waals surface area contributed by atoms with Crippen molar-refractivity contribution >= 4 is 77.7 Å². The number of aliphatic hydroxyl groups is 2. The molecule has 0 saturated heterocycles. The van der Waals surface area contributed by atoms with E-state index in [1.54, 1.807) is 41.5 Å². The van der Waals surface area contributed by atoms with Crippen LogP contribution in [0.5, 0.6) is 0 Å². The summed E-state index contributed by atoms with van der Waals surface area (Å²) in [5.41, 5.74) is 16.5. The molecule has 0 heterocycles. The SMILES string of the molecule is CC[C@H](C)[C@H](NC(=O)[C@H](CS)NC(=O)CNC(=O)[C@H](CC(C)C)NC(=O)[C@H](CC(C)C)NC(=O)CNC(=O)[C@@H](N)CCCN=C(N)N)C(=O)N[C@H](C(=O)N[C@H](C(=O)N[C@@H](CO)C(=O)O)[C@@H](C)O)[C@@H](C)CC. The lowest BCUT2D eigenvalue weighted by molar-refractivity contribution is -0.144. The van der Waals surface area contributed by atoms with Crippen molar-refractivity contribution in [1.29, 1.82) is 0 Å². The molecule has 26 nitrogen and oxygen atoms in total. The van der Waals surface area contributed by atoms with Gasteiger partial charge in [-0.3, -0.25) is 48.1 Å². The van der Waals surface area contributed by atoms with Gasteiger partial charge < -0.3 is 80.4 Å². The van der Waals surface area contributed by atoms with Crippen molar-refractivity contribution < 1.29 is 63.3 Å². The molecule has 0 saturated carbocycles. The maximum Gasteiger partial charge on any atom is 0.328 e. The molecule has 0 fully saturated rings. The predicted molar refractivity (Wildman–Crippen MR) is 265 cm³/mol. The second-order valence-electron chi connectivity index (χ2n) is 18.3. The van der Waals surface area contributed by atoms with Crippen LogP contribution in [-0.2, 0) is 47.9 Å². The third kappa shape index (κ3) is 25.2. The number of hydrogen-bond donors (Lipinski definition) is 16. The van der Waals surface area contributed by atoms with Crippen molar-refractivity contribution in [3.63, 3.8) is 0 Å². The number of nitrogens with two attached hydrogens (primary N) is 3. The quantitative estimate of drug-likeness (QED) is 0.0125. The fourth-order valence-electron chi connectivity index (χ4n) is 6.60. The van der Waals surface area contributed by atoms with E-state index in [1.807, 2.05) is 19.2 Å². The molecule has 27 heteroatoms. The zero-order chi connectivity index (χ0) is 54.7. The lowest BCUT2D eigenvalue weighted by Crippen LogP contribution is -2.62. The van der Waals surface area contributed by atoms with E-state index >= 15 is 0 Å². The van der Waals surface area contributed by atoms with Crippen LogP contribution in [0.25, 0.3) is 0 Å². The second kappa shape index (κ2) is 33.7. The minimum Gasteiger partial charge on any atom is -0.480 e.